The van der Waals surface area contributed by atoms with Crippen molar-refractivity contribution in [2.24, 2.45) is 0 Å². The summed E-state index contributed by atoms with van der Waals surface area (Å²) in [5.74, 6) is -0.445. The number of rotatable bonds is 5. The van der Waals surface area contributed by atoms with E-state index in [2.05, 4.69) is 0 Å². The Balaban J connectivity index is 2.04. The Morgan fingerprint density at radius 1 is 1.41 bits per heavy atom. The van der Waals surface area contributed by atoms with Gasteiger partial charge in [-0.25, -0.2) is 9.18 Å². The molecular formula is C16H21FN2O3. The first-order chi connectivity index (χ1) is 10.5. The van der Waals surface area contributed by atoms with Crippen LogP contribution in [0.2, 0.25) is 0 Å². The van der Waals surface area contributed by atoms with Gasteiger partial charge in [0.05, 0.1) is 12.6 Å². The van der Waals surface area contributed by atoms with Crippen LogP contribution in [0.25, 0.3) is 0 Å². The first-order valence-corrected chi connectivity index (χ1v) is 7.49. The van der Waals surface area contributed by atoms with Crippen molar-refractivity contribution in [3.05, 3.63) is 35.6 Å². The maximum atomic E-state index is 13.0. The van der Waals surface area contributed by atoms with Crippen LogP contribution in [0.3, 0.4) is 0 Å². The van der Waals surface area contributed by atoms with Gasteiger partial charge in [-0.2, -0.15) is 0 Å². The summed E-state index contributed by atoms with van der Waals surface area (Å²) in [5.41, 5.74) is 0.859. The summed E-state index contributed by atoms with van der Waals surface area (Å²) in [4.78, 5) is 27.2. The van der Waals surface area contributed by atoms with Gasteiger partial charge in [0.15, 0.2) is 0 Å². The minimum absolute atomic E-state index is 0.0121. The highest BCUT2D eigenvalue weighted by Crippen LogP contribution is 2.21. The Morgan fingerprint density at radius 2 is 2.09 bits per heavy atom. The largest absolute Gasteiger partial charge is 0.449 e. The van der Waals surface area contributed by atoms with Crippen molar-refractivity contribution in [1.82, 2.24) is 9.80 Å². The molecule has 0 spiro atoms. The Bertz CT molecular complexity index is 533. The van der Waals surface area contributed by atoms with Crippen molar-refractivity contribution < 1.29 is 18.7 Å². The second-order valence-corrected chi connectivity index (χ2v) is 5.30. The average Bonchev–Trinajstić information content (AvgIpc) is 2.51. The first-order valence-electron chi connectivity index (χ1n) is 7.49. The summed E-state index contributed by atoms with van der Waals surface area (Å²) >= 11 is 0. The smallest absolute Gasteiger partial charge is 0.410 e. The minimum atomic E-state index is -0.440. The van der Waals surface area contributed by atoms with Crippen LogP contribution in [0.1, 0.15) is 31.9 Å². The fraction of sp³-hybridized carbons (Fsp3) is 0.500. The molecule has 1 aromatic rings. The third kappa shape index (κ3) is 3.75. The molecule has 1 fully saturated rings. The van der Waals surface area contributed by atoms with Crippen LogP contribution in [-0.4, -0.2) is 48.0 Å². The molecule has 120 valence electrons. The van der Waals surface area contributed by atoms with Crippen molar-refractivity contribution in [1.29, 1.82) is 0 Å². The summed E-state index contributed by atoms with van der Waals surface area (Å²) in [7, 11) is 0. The topological polar surface area (TPSA) is 49.9 Å². The summed E-state index contributed by atoms with van der Waals surface area (Å²) < 4.78 is 17.9. The van der Waals surface area contributed by atoms with Gasteiger partial charge in [-0.15, -0.1) is 0 Å². The van der Waals surface area contributed by atoms with Gasteiger partial charge in [0, 0.05) is 13.1 Å². The van der Waals surface area contributed by atoms with Crippen LogP contribution < -0.4 is 0 Å². The summed E-state index contributed by atoms with van der Waals surface area (Å²) in [5, 5.41) is 0. The number of halogens is 1. The lowest BCUT2D eigenvalue weighted by Crippen LogP contribution is -2.46. The lowest BCUT2D eigenvalue weighted by molar-refractivity contribution is -0.134. The van der Waals surface area contributed by atoms with Gasteiger partial charge < -0.3 is 9.64 Å². The lowest BCUT2D eigenvalue weighted by atomic mass is 10.1. The molecule has 1 heterocycles. The SMILES string of the molecule is CCN(C(=O)CN1CCCOC1=O)[C@@H](C)c1ccc(F)cc1. The normalized spacial score (nSPS) is 16.1. The highest BCUT2D eigenvalue weighted by molar-refractivity contribution is 5.82. The van der Waals surface area contributed by atoms with Crippen LogP contribution in [0, 0.1) is 5.82 Å². The van der Waals surface area contributed by atoms with Crippen LogP contribution in [0.5, 0.6) is 0 Å². The highest BCUT2D eigenvalue weighted by atomic mass is 19.1. The Labute approximate surface area is 129 Å². The molecule has 0 aromatic heterocycles. The number of likely N-dealkylation sites (N-methyl/N-ethyl adjacent to an activating group) is 1. The highest BCUT2D eigenvalue weighted by Gasteiger charge is 2.26. The van der Waals surface area contributed by atoms with Crippen molar-refractivity contribution in [3.8, 4) is 0 Å². The molecule has 0 unspecified atom stereocenters. The molecule has 22 heavy (non-hydrogen) atoms. The molecule has 0 aliphatic carbocycles. The molecule has 1 aliphatic heterocycles. The number of hydrogen-bond acceptors (Lipinski definition) is 3. The second-order valence-electron chi connectivity index (χ2n) is 5.30. The molecule has 1 aliphatic rings. The molecule has 2 amide bonds. The van der Waals surface area contributed by atoms with E-state index in [0.717, 1.165) is 12.0 Å². The van der Waals surface area contributed by atoms with E-state index >= 15 is 0 Å². The van der Waals surface area contributed by atoms with Gasteiger partial charge in [-0.05, 0) is 38.0 Å². The standard InChI is InChI=1S/C16H21FN2O3/c1-3-19(12(2)13-5-7-14(17)8-6-13)15(20)11-18-9-4-10-22-16(18)21/h5-8,12H,3-4,9-11H2,1-2H3/t12-/m0/s1. The lowest BCUT2D eigenvalue weighted by Gasteiger charge is -2.32. The zero-order valence-corrected chi connectivity index (χ0v) is 12.9. The molecule has 0 radical (unpaired) electrons. The maximum absolute atomic E-state index is 13.0. The van der Waals surface area contributed by atoms with Gasteiger partial charge in [0.25, 0.3) is 0 Å². The van der Waals surface area contributed by atoms with E-state index < -0.39 is 6.09 Å². The molecule has 0 bridgehead atoms. The van der Waals surface area contributed by atoms with E-state index in [1.165, 1.54) is 17.0 Å². The number of hydrogen-bond donors (Lipinski definition) is 0. The van der Waals surface area contributed by atoms with E-state index in [0.29, 0.717) is 19.7 Å². The molecule has 1 saturated heterocycles. The average molecular weight is 308 g/mol. The molecular weight excluding hydrogens is 287 g/mol. The van der Waals surface area contributed by atoms with Crippen LogP contribution in [-0.2, 0) is 9.53 Å². The Kier molecular flexibility index (Phi) is 5.35. The second kappa shape index (κ2) is 7.24. The summed E-state index contributed by atoms with van der Waals surface area (Å²) in [6.45, 7) is 5.24. The number of nitrogens with zero attached hydrogens (tertiary/aromatic N) is 2. The van der Waals surface area contributed by atoms with Gasteiger partial charge in [0.1, 0.15) is 12.4 Å². The van der Waals surface area contributed by atoms with Gasteiger partial charge in [-0.3, -0.25) is 9.69 Å². The molecule has 1 aromatic carbocycles. The van der Waals surface area contributed by atoms with Crippen LogP contribution in [0.4, 0.5) is 9.18 Å². The third-order valence-corrected chi connectivity index (χ3v) is 3.86. The van der Waals surface area contributed by atoms with Gasteiger partial charge >= 0.3 is 6.09 Å². The van der Waals surface area contributed by atoms with E-state index in [4.69, 9.17) is 4.74 Å². The number of amides is 2. The summed E-state index contributed by atoms with van der Waals surface area (Å²) in [6.07, 6.45) is 0.295. The first kappa shape index (κ1) is 16.3. The molecule has 6 heteroatoms. The van der Waals surface area contributed by atoms with Crippen molar-refractivity contribution >= 4 is 12.0 Å². The maximum Gasteiger partial charge on any atom is 0.410 e. The van der Waals surface area contributed by atoms with Crippen molar-refractivity contribution in [2.75, 3.05) is 26.2 Å². The Hall–Kier alpha value is -2.11. The van der Waals surface area contributed by atoms with E-state index in [-0.39, 0.29) is 24.3 Å². The monoisotopic (exact) mass is 308 g/mol. The number of ether oxygens (including phenoxy) is 1. The zero-order valence-electron chi connectivity index (χ0n) is 12.9. The van der Waals surface area contributed by atoms with E-state index in [1.807, 2.05) is 13.8 Å². The number of carbonyl (C=O) groups excluding carboxylic acids is 2. The zero-order chi connectivity index (χ0) is 16.1. The van der Waals surface area contributed by atoms with Gasteiger partial charge in [-0.1, -0.05) is 12.1 Å². The predicted molar refractivity (Wildman–Crippen MR) is 79.7 cm³/mol. The predicted octanol–water partition coefficient (Wildman–Crippen LogP) is 2.58. The van der Waals surface area contributed by atoms with E-state index in [1.54, 1.807) is 17.0 Å². The fourth-order valence-electron chi connectivity index (χ4n) is 2.58. The van der Waals surface area contributed by atoms with Crippen LogP contribution >= 0.6 is 0 Å². The van der Waals surface area contributed by atoms with Crippen molar-refractivity contribution in [2.45, 2.75) is 26.3 Å². The van der Waals surface area contributed by atoms with Gasteiger partial charge in [0.2, 0.25) is 5.91 Å². The number of carbonyl (C=O) groups is 2. The molecule has 1 atom stereocenters. The molecule has 2 rings (SSSR count). The third-order valence-electron chi connectivity index (χ3n) is 3.86. The van der Waals surface area contributed by atoms with E-state index in [9.17, 15) is 14.0 Å². The number of benzene rings is 1. The Morgan fingerprint density at radius 3 is 2.68 bits per heavy atom. The van der Waals surface area contributed by atoms with Crippen molar-refractivity contribution in [3.63, 3.8) is 0 Å². The number of cyclic esters (lactones) is 1. The minimum Gasteiger partial charge on any atom is -0.449 e. The quantitative estimate of drug-likeness (QED) is 0.840. The summed E-state index contributed by atoms with van der Waals surface area (Å²) in [6, 6.07) is 5.92. The molecule has 0 saturated carbocycles. The fourth-order valence-corrected chi connectivity index (χ4v) is 2.58. The molecule has 5 nitrogen and oxygen atoms in total. The van der Waals surface area contributed by atoms with Crippen LogP contribution in [0.15, 0.2) is 24.3 Å². The molecule has 0 N–H and O–H groups in total.